The molecule has 1 N–H and O–H groups in total. The van der Waals surface area contributed by atoms with Crippen LogP contribution in [-0.2, 0) is 6.54 Å². The van der Waals surface area contributed by atoms with Crippen LogP contribution in [-0.4, -0.2) is 5.12 Å². The second-order valence-corrected chi connectivity index (χ2v) is 4.70. The molecular weight excluding hydrogens is 270 g/mol. The fourth-order valence-electron chi connectivity index (χ4n) is 1.60. The number of halogens is 1. The second kappa shape index (κ2) is 5.50. The molecule has 94 valence electrons. The third-order valence-corrected chi connectivity index (χ3v) is 3.21. The number of carbonyl (C=O) groups excluding carboxylic acids is 1. The van der Waals surface area contributed by atoms with E-state index in [-0.39, 0.29) is 5.12 Å². The summed E-state index contributed by atoms with van der Waals surface area (Å²) in [6.45, 7) is 2.33. The monoisotopic (exact) mass is 281 g/mol. The van der Waals surface area contributed by atoms with Crippen molar-refractivity contribution in [3.63, 3.8) is 0 Å². The molecule has 2 aromatic rings. The first-order valence-electron chi connectivity index (χ1n) is 5.37. The van der Waals surface area contributed by atoms with Crippen molar-refractivity contribution >= 4 is 35.0 Å². The lowest BCUT2D eigenvalue weighted by molar-refractivity contribution is 0.109. The molecule has 1 aromatic carbocycles. The molecule has 3 nitrogen and oxygen atoms in total. The Bertz CT molecular complexity index is 567. The summed E-state index contributed by atoms with van der Waals surface area (Å²) in [5.41, 5.74) is 2.01. The van der Waals surface area contributed by atoms with Crippen LogP contribution in [0.3, 0.4) is 0 Å². The number of nitrogens with one attached hydrogen (secondary N) is 1. The van der Waals surface area contributed by atoms with Crippen LogP contribution in [0.5, 0.6) is 0 Å². The normalized spacial score (nSPS) is 10.4. The Morgan fingerprint density at radius 3 is 2.89 bits per heavy atom. The van der Waals surface area contributed by atoms with Crippen molar-refractivity contribution in [2.75, 3.05) is 5.32 Å². The number of hydrogen-bond donors (Lipinski definition) is 2. The largest absolute Gasteiger partial charge is 0.467 e. The molecule has 0 saturated heterocycles. The van der Waals surface area contributed by atoms with E-state index in [1.165, 1.54) is 0 Å². The highest BCUT2D eigenvalue weighted by Gasteiger charge is 2.11. The van der Waals surface area contributed by atoms with E-state index in [2.05, 4.69) is 17.9 Å². The van der Waals surface area contributed by atoms with Crippen molar-refractivity contribution in [1.82, 2.24) is 0 Å². The van der Waals surface area contributed by atoms with E-state index in [0.717, 1.165) is 11.3 Å². The third kappa shape index (κ3) is 2.89. The number of aryl methyl sites for hydroxylation is 1. The molecule has 0 fully saturated rings. The zero-order valence-corrected chi connectivity index (χ0v) is 11.4. The maximum atomic E-state index is 11.4. The van der Waals surface area contributed by atoms with Gasteiger partial charge in [-0.3, -0.25) is 4.79 Å². The number of hydrogen-bond acceptors (Lipinski definition) is 3. The van der Waals surface area contributed by atoms with Gasteiger partial charge in [-0.05, 0) is 36.8 Å². The summed E-state index contributed by atoms with van der Waals surface area (Å²) in [5.74, 6) is 0.782. The molecule has 0 atom stereocenters. The summed E-state index contributed by atoms with van der Waals surface area (Å²) in [6.07, 6.45) is 1.60. The summed E-state index contributed by atoms with van der Waals surface area (Å²) in [7, 11) is 0. The first kappa shape index (κ1) is 13.1. The van der Waals surface area contributed by atoms with Crippen LogP contribution >= 0.6 is 24.2 Å². The molecule has 0 saturated carbocycles. The highest BCUT2D eigenvalue weighted by atomic mass is 35.5. The average Bonchev–Trinajstić information content (AvgIpc) is 2.83. The molecule has 0 aliphatic carbocycles. The maximum Gasteiger partial charge on any atom is 0.218 e. The predicted octanol–water partition coefficient (Wildman–Crippen LogP) is 3.92. The summed E-state index contributed by atoms with van der Waals surface area (Å²) in [6, 6.07) is 7.11. The summed E-state index contributed by atoms with van der Waals surface area (Å²) in [5, 5.41) is 3.43. The van der Waals surface area contributed by atoms with Crippen molar-refractivity contribution in [1.29, 1.82) is 0 Å². The molecular formula is C13H12ClNO2S. The lowest BCUT2D eigenvalue weighted by atomic mass is 10.1. The smallest absolute Gasteiger partial charge is 0.218 e. The molecule has 0 spiro atoms. The van der Waals surface area contributed by atoms with Crippen LogP contribution in [0.4, 0.5) is 5.69 Å². The van der Waals surface area contributed by atoms with E-state index in [1.54, 1.807) is 18.4 Å². The molecule has 2 rings (SSSR count). The van der Waals surface area contributed by atoms with E-state index >= 15 is 0 Å². The number of furan rings is 1. The van der Waals surface area contributed by atoms with Gasteiger partial charge in [-0.1, -0.05) is 11.6 Å². The predicted molar refractivity (Wildman–Crippen MR) is 75.5 cm³/mol. The standard InChI is InChI=1S/C13H12ClNO2S/c1-8-5-10(13(16)18)12(6-11(8)14)15-7-9-3-2-4-17-9/h2-6,15H,7H2,1H3,(H,16,18). The lowest BCUT2D eigenvalue weighted by Gasteiger charge is -2.11. The molecule has 0 bridgehead atoms. The minimum Gasteiger partial charge on any atom is -0.467 e. The van der Waals surface area contributed by atoms with Gasteiger partial charge in [0, 0.05) is 10.7 Å². The first-order chi connectivity index (χ1) is 8.58. The van der Waals surface area contributed by atoms with Gasteiger partial charge in [0.05, 0.1) is 18.4 Å². The van der Waals surface area contributed by atoms with E-state index in [0.29, 0.717) is 22.8 Å². The van der Waals surface area contributed by atoms with Crippen LogP contribution in [0.1, 0.15) is 21.7 Å². The fourth-order valence-corrected chi connectivity index (χ4v) is 1.95. The Kier molecular flexibility index (Phi) is 3.99. The number of carbonyl (C=O) groups is 1. The van der Waals surface area contributed by atoms with Gasteiger partial charge in [0.15, 0.2) is 0 Å². The number of benzene rings is 1. The second-order valence-electron chi connectivity index (χ2n) is 3.89. The number of thiol groups is 1. The van der Waals surface area contributed by atoms with Gasteiger partial charge < -0.3 is 9.73 Å². The van der Waals surface area contributed by atoms with Crippen LogP contribution in [0, 0.1) is 6.92 Å². The van der Waals surface area contributed by atoms with Gasteiger partial charge in [0.1, 0.15) is 5.76 Å². The maximum absolute atomic E-state index is 11.4. The third-order valence-electron chi connectivity index (χ3n) is 2.56. The van der Waals surface area contributed by atoms with Crippen molar-refractivity contribution < 1.29 is 9.21 Å². The number of anilines is 1. The average molecular weight is 282 g/mol. The zero-order valence-electron chi connectivity index (χ0n) is 9.74. The highest BCUT2D eigenvalue weighted by molar-refractivity contribution is 7.97. The summed E-state index contributed by atoms with van der Waals surface area (Å²) in [4.78, 5) is 11.4. The van der Waals surface area contributed by atoms with Gasteiger partial charge in [-0.2, -0.15) is 0 Å². The van der Waals surface area contributed by atoms with Crippen molar-refractivity contribution in [2.24, 2.45) is 0 Å². The Balaban J connectivity index is 2.25. The van der Waals surface area contributed by atoms with Crippen LogP contribution < -0.4 is 5.32 Å². The molecule has 18 heavy (non-hydrogen) atoms. The van der Waals surface area contributed by atoms with E-state index in [1.807, 2.05) is 19.1 Å². The van der Waals surface area contributed by atoms with Crippen LogP contribution in [0.2, 0.25) is 5.02 Å². The lowest BCUT2D eigenvalue weighted by Crippen LogP contribution is -2.04. The minimum absolute atomic E-state index is 0.295. The molecule has 0 aliphatic heterocycles. The van der Waals surface area contributed by atoms with Crippen molar-refractivity contribution in [2.45, 2.75) is 13.5 Å². The minimum atomic E-state index is -0.295. The molecule has 0 aliphatic rings. The Labute approximate surface area is 116 Å². The number of rotatable bonds is 4. The molecule has 0 radical (unpaired) electrons. The fraction of sp³-hybridized carbons (Fsp3) is 0.154. The topological polar surface area (TPSA) is 42.2 Å². The van der Waals surface area contributed by atoms with Gasteiger partial charge in [-0.15, -0.1) is 12.6 Å². The molecule has 0 unspecified atom stereocenters. The van der Waals surface area contributed by atoms with Gasteiger partial charge in [0.2, 0.25) is 5.12 Å². The Morgan fingerprint density at radius 1 is 1.50 bits per heavy atom. The molecule has 1 aromatic heterocycles. The van der Waals surface area contributed by atoms with E-state index < -0.39 is 0 Å². The molecule has 5 heteroatoms. The van der Waals surface area contributed by atoms with Crippen molar-refractivity contribution in [3.05, 3.63) is 52.4 Å². The molecule has 1 heterocycles. The van der Waals surface area contributed by atoms with E-state index in [9.17, 15) is 4.79 Å². The van der Waals surface area contributed by atoms with Gasteiger partial charge >= 0.3 is 0 Å². The highest BCUT2D eigenvalue weighted by Crippen LogP contribution is 2.26. The first-order valence-corrected chi connectivity index (χ1v) is 6.20. The zero-order chi connectivity index (χ0) is 13.1. The van der Waals surface area contributed by atoms with Gasteiger partial charge in [-0.25, -0.2) is 0 Å². The van der Waals surface area contributed by atoms with Crippen molar-refractivity contribution in [3.8, 4) is 0 Å². The van der Waals surface area contributed by atoms with Gasteiger partial charge in [0.25, 0.3) is 0 Å². The van der Waals surface area contributed by atoms with Crippen LogP contribution in [0.15, 0.2) is 34.9 Å². The Morgan fingerprint density at radius 2 is 2.28 bits per heavy atom. The van der Waals surface area contributed by atoms with E-state index in [4.69, 9.17) is 16.0 Å². The summed E-state index contributed by atoms with van der Waals surface area (Å²) < 4.78 is 5.21. The summed E-state index contributed by atoms with van der Waals surface area (Å²) >= 11 is 9.91. The molecule has 0 amide bonds. The van der Waals surface area contributed by atoms with Crippen LogP contribution in [0.25, 0.3) is 0 Å². The Hall–Kier alpha value is -1.39. The quantitative estimate of drug-likeness (QED) is 0.835. The SMILES string of the molecule is Cc1cc(C(=O)S)c(NCc2ccco2)cc1Cl.